The Morgan fingerprint density at radius 3 is 2.14 bits per heavy atom. The molecule has 3 nitrogen and oxygen atoms in total. The van der Waals surface area contributed by atoms with E-state index < -0.39 is 5.72 Å². The maximum absolute atomic E-state index is 6.96. The molecule has 2 aromatic carbocycles. The lowest BCUT2D eigenvalue weighted by atomic mass is 9.77. The first kappa shape index (κ1) is 24.9. The summed E-state index contributed by atoms with van der Waals surface area (Å²) in [7, 11) is 6.07. The Balaban J connectivity index is 1.45. The van der Waals surface area contributed by atoms with E-state index in [-0.39, 0.29) is 10.8 Å². The Kier molecular flexibility index (Phi) is 6.01. The topological polar surface area (TPSA) is 15.7 Å². The van der Waals surface area contributed by atoms with Crippen LogP contribution in [-0.2, 0) is 15.6 Å². The molecule has 3 aliphatic rings. The van der Waals surface area contributed by atoms with E-state index >= 15 is 0 Å². The molecule has 0 fully saturated rings. The molecule has 0 spiro atoms. The number of para-hydroxylation sites is 2. The number of methoxy groups -OCH3 is 1. The van der Waals surface area contributed by atoms with Gasteiger partial charge in [-0.1, -0.05) is 87.8 Å². The van der Waals surface area contributed by atoms with Crippen molar-refractivity contribution >= 4 is 23.0 Å². The van der Waals surface area contributed by atoms with Crippen molar-refractivity contribution in [2.75, 3.05) is 31.0 Å². The lowest BCUT2D eigenvalue weighted by Crippen LogP contribution is -2.54. The maximum Gasteiger partial charge on any atom is 0.169 e. The molecule has 2 heterocycles. The molecule has 1 unspecified atom stereocenters. The summed E-state index contributed by atoms with van der Waals surface area (Å²) in [6, 6.07) is 17.2. The molecule has 1 aliphatic carbocycles. The number of benzene rings is 2. The van der Waals surface area contributed by atoms with Gasteiger partial charge in [0.05, 0.1) is 0 Å². The molecule has 0 aromatic heterocycles. The van der Waals surface area contributed by atoms with Crippen LogP contribution >= 0.6 is 11.6 Å². The Labute approximate surface area is 221 Å². The first-order valence-corrected chi connectivity index (χ1v) is 13.2. The molecule has 0 bridgehead atoms. The summed E-state index contributed by atoms with van der Waals surface area (Å²) in [6.07, 6.45) is 10.7. The van der Waals surface area contributed by atoms with E-state index in [1.807, 2.05) is 0 Å². The number of ether oxygens (including phenoxy) is 1. The third-order valence-electron chi connectivity index (χ3n) is 8.76. The SMILES string of the molecule is COC1(C=CC2=C(Cl)C(=CC=C3N(C)c4ccccc4C3(C)C)CC2)N(C)c2ccccc2C1(C)C. The first-order valence-electron chi connectivity index (χ1n) is 12.8. The number of hydrogen-bond donors (Lipinski definition) is 0. The fraction of sp³-hybridized carbons (Fsp3) is 0.375. The molecule has 0 N–H and O–H groups in total. The number of allylic oxidation sites excluding steroid dienone is 7. The summed E-state index contributed by atoms with van der Waals surface area (Å²) >= 11 is 6.96. The Bertz CT molecular complexity index is 1330. The molecule has 36 heavy (non-hydrogen) atoms. The van der Waals surface area contributed by atoms with Crippen LogP contribution in [-0.4, -0.2) is 26.9 Å². The summed E-state index contributed by atoms with van der Waals surface area (Å²) in [5.74, 6) is 0. The van der Waals surface area contributed by atoms with Gasteiger partial charge in [-0.3, -0.25) is 0 Å². The summed E-state index contributed by atoms with van der Waals surface area (Å²) < 4.78 is 6.25. The third-order valence-corrected chi connectivity index (χ3v) is 9.25. The molecular formula is C32H37ClN2O. The second kappa shape index (κ2) is 8.68. The highest BCUT2D eigenvalue weighted by molar-refractivity contribution is 6.33. The highest BCUT2D eigenvalue weighted by Gasteiger charge is 2.54. The molecule has 1 atom stereocenters. The van der Waals surface area contributed by atoms with Gasteiger partial charge in [-0.05, 0) is 59.4 Å². The van der Waals surface area contributed by atoms with Crippen LogP contribution in [0.25, 0.3) is 0 Å². The van der Waals surface area contributed by atoms with Crippen LogP contribution in [0.4, 0.5) is 11.4 Å². The number of nitrogens with zero attached hydrogens (tertiary/aromatic N) is 2. The van der Waals surface area contributed by atoms with Gasteiger partial charge < -0.3 is 14.5 Å². The second-order valence-corrected chi connectivity index (χ2v) is 11.6. The van der Waals surface area contributed by atoms with Crippen molar-refractivity contribution in [3.63, 3.8) is 0 Å². The van der Waals surface area contributed by atoms with E-state index in [1.165, 1.54) is 39.3 Å². The Morgan fingerprint density at radius 1 is 0.861 bits per heavy atom. The van der Waals surface area contributed by atoms with E-state index in [0.29, 0.717) is 0 Å². The van der Waals surface area contributed by atoms with Crippen LogP contribution < -0.4 is 9.80 Å². The quantitative estimate of drug-likeness (QED) is 0.425. The number of likely N-dealkylation sites (N-methyl/N-ethyl adjacent to an activating group) is 2. The van der Waals surface area contributed by atoms with Gasteiger partial charge in [0.2, 0.25) is 0 Å². The van der Waals surface area contributed by atoms with Crippen LogP contribution in [0.2, 0.25) is 0 Å². The van der Waals surface area contributed by atoms with Crippen LogP contribution in [0.5, 0.6) is 0 Å². The molecule has 2 aromatic rings. The van der Waals surface area contributed by atoms with Crippen molar-refractivity contribution in [1.82, 2.24) is 0 Å². The first-order chi connectivity index (χ1) is 17.1. The van der Waals surface area contributed by atoms with Crippen LogP contribution in [0.1, 0.15) is 51.7 Å². The van der Waals surface area contributed by atoms with E-state index in [0.717, 1.165) is 17.9 Å². The van der Waals surface area contributed by atoms with Crippen LogP contribution in [0.15, 0.2) is 94.7 Å². The van der Waals surface area contributed by atoms with Crippen molar-refractivity contribution in [3.05, 3.63) is 106 Å². The summed E-state index contributed by atoms with van der Waals surface area (Å²) in [6.45, 7) is 9.09. The number of halogens is 1. The smallest absolute Gasteiger partial charge is 0.169 e. The zero-order valence-corrected chi connectivity index (χ0v) is 23.3. The highest BCUT2D eigenvalue weighted by atomic mass is 35.5. The molecule has 2 aliphatic heterocycles. The van der Waals surface area contributed by atoms with Gasteiger partial charge in [0.25, 0.3) is 0 Å². The van der Waals surface area contributed by atoms with Gasteiger partial charge in [-0.15, -0.1) is 0 Å². The van der Waals surface area contributed by atoms with Gasteiger partial charge in [0.15, 0.2) is 5.72 Å². The average molecular weight is 501 g/mol. The minimum Gasteiger partial charge on any atom is -0.354 e. The number of anilines is 2. The van der Waals surface area contributed by atoms with Gasteiger partial charge >= 0.3 is 0 Å². The number of hydrogen-bond acceptors (Lipinski definition) is 3. The predicted octanol–water partition coefficient (Wildman–Crippen LogP) is 7.84. The van der Waals surface area contributed by atoms with Crippen LogP contribution in [0, 0.1) is 0 Å². The fourth-order valence-electron chi connectivity index (χ4n) is 6.57. The van der Waals surface area contributed by atoms with Gasteiger partial charge in [-0.2, -0.15) is 0 Å². The van der Waals surface area contributed by atoms with Gasteiger partial charge in [-0.25, -0.2) is 0 Å². The lowest BCUT2D eigenvalue weighted by molar-refractivity contribution is -0.0128. The number of rotatable bonds is 4. The van der Waals surface area contributed by atoms with E-state index in [1.54, 1.807) is 7.11 Å². The van der Waals surface area contributed by atoms with Crippen molar-refractivity contribution in [1.29, 1.82) is 0 Å². The fourth-order valence-corrected chi connectivity index (χ4v) is 6.88. The molecule has 4 heteroatoms. The summed E-state index contributed by atoms with van der Waals surface area (Å²) in [5.41, 5.74) is 7.94. The van der Waals surface area contributed by atoms with E-state index in [4.69, 9.17) is 16.3 Å². The summed E-state index contributed by atoms with van der Waals surface area (Å²) in [4.78, 5) is 4.55. The highest BCUT2D eigenvalue weighted by Crippen LogP contribution is 2.52. The summed E-state index contributed by atoms with van der Waals surface area (Å²) in [5, 5.41) is 0.862. The molecular weight excluding hydrogens is 464 g/mol. The minimum absolute atomic E-state index is 0.0432. The minimum atomic E-state index is -0.586. The molecule has 0 amide bonds. The largest absolute Gasteiger partial charge is 0.354 e. The van der Waals surface area contributed by atoms with Crippen LogP contribution in [0.3, 0.4) is 0 Å². The van der Waals surface area contributed by atoms with Gasteiger partial charge in [0.1, 0.15) is 0 Å². The zero-order chi connectivity index (χ0) is 25.9. The maximum atomic E-state index is 6.96. The normalized spacial score (nSPS) is 26.6. The Morgan fingerprint density at radius 2 is 1.50 bits per heavy atom. The Hall–Kier alpha value is -2.75. The standard InChI is InChI=1S/C32H37ClN2O/c1-30(2)24-12-8-10-14-26(24)34(5)28(30)19-18-22-16-17-23(29(22)33)20-21-32(36-7)31(3,4)25-13-9-11-15-27(25)35(32)6/h8-15,18-21H,16-17H2,1-7H3. The lowest BCUT2D eigenvalue weighted by Gasteiger charge is -2.43. The van der Waals surface area contributed by atoms with Crippen molar-refractivity contribution < 1.29 is 4.74 Å². The van der Waals surface area contributed by atoms with E-state index in [2.05, 4.69) is 124 Å². The molecule has 0 radical (unpaired) electrons. The molecule has 0 saturated carbocycles. The number of fused-ring (bicyclic) bond motifs is 2. The van der Waals surface area contributed by atoms with Crippen molar-refractivity contribution in [3.8, 4) is 0 Å². The van der Waals surface area contributed by atoms with Crippen molar-refractivity contribution in [2.45, 2.75) is 57.1 Å². The monoisotopic (exact) mass is 500 g/mol. The van der Waals surface area contributed by atoms with E-state index in [9.17, 15) is 0 Å². The van der Waals surface area contributed by atoms with Crippen molar-refractivity contribution in [2.24, 2.45) is 0 Å². The average Bonchev–Trinajstić information content (AvgIpc) is 3.37. The molecule has 188 valence electrons. The predicted molar refractivity (Wildman–Crippen MR) is 153 cm³/mol. The zero-order valence-electron chi connectivity index (χ0n) is 22.5. The molecule has 5 rings (SSSR count). The molecule has 0 saturated heterocycles. The van der Waals surface area contributed by atoms with Gasteiger partial charge in [0, 0.05) is 54.1 Å². The third kappa shape index (κ3) is 3.43. The second-order valence-electron chi connectivity index (χ2n) is 11.2.